The van der Waals surface area contributed by atoms with E-state index in [0.29, 0.717) is 10.1 Å². The summed E-state index contributed by atoms with van der Waals surface area (Å²) in [5.41, 5.74) is 2.36. The average molecular weight is 347 g/mol. The zero-order chi connectivity index (χ0) is 16.9. The molecule has 2 nitrogen and oxygen atoms in total. The Labute approximate surface area is 149 Å². The van der Waals surface area contributed by atoms with E-state index in [9.17, 15) is 0 Å². The van der Waals surface area contributed by atoms with Crippen molar-refractivity contribution >= 4 is 34.6 Å². The number of anilines is 1. The van der Waals surface area contributed by atoms with E-state index < -0.39 is 0 Å². The van der Waals surface area contributed by atoms with Crippen molar-refractivity contribution in [3.63, 3.8) is 0 Å². The van der Waals surface area contributed by atoms with E-state index in [1.165, 1.54) is 5.56 Å². The monoisotopic (exact) mass is 346 g/mol. The Bertz CT molecular complexity index is 638. The lowest BCUT2D eigenvalue weighted by Crippen LogP contribution is -2.39. The van der Waals surface area contributed by atoms with Gasteiger partial charge in [0.05, 0.1) is 0 Å². The summed E-state index contributed by atoms with van der Waals surface area (Å²) in [6.45, 7) is 6.67. The summed E-state index contributed by atoms with van der Waals surface area (Å²) in [4.78, 5) is 0. The van der Waals surface area contributed by atoms with Crippen LogP contribution in [0.4, 0.5) is 5.69 Å². The third-order valence-corrected chi connectivity index (χ3v) is 4.32. The minimum atomic E-state index is 0.0869. The van der Waals surface area contributed by atoms with Crippen LogP contribution >= 0.6 is 23.8 Å². The molecule has 2 rings (SSSR count). The SMILES string of the molecule is C[C@H](CC(C)(C)c1ccccc1)NC(=S)Nc1ccc(Cl)cc1. The van der Waals surface area contributed by atoms with E-state index in [-0.39, 0.29) is 11.5 Å². The summed E-state index contributed by atoms with van der Waals surface area (Å²) in [5, 5.41) is 7.89. The van der Waals surface area contributed by atoms with Crippen LogP contribution in [0.25, 0.3) is 0 Å². The van der Waals surface area contributed by atoms with Crippen LogP contribution in [0, 0.1) is 0 Å². The highest BCUT2D eigenvalue weighted by Gasteiger charge is 2.23. The molecule has 0 aromatic heterocycles. The second kappa shape index (κ2) is 7.80. The Morgan fingerprint density at radius 3 is 2.30 bits per heavy atom. The summed E-state index contributed by atoms with van der Waals surface area (Å²) in [5.74, 6) is 0. The van der Waals surface area contributed by atoms with Gasteiger partial charge in [-0.1, -0.05) is 55.8 Å². The molecular formula is C19H23ClN2S. The van der Waals surface area contributed by atoms with Gasteiger partial charge in [0.25, 0.3) is 0 Å². The summed E-state index contributed by atoms with van der Waals surface area (Å²) < 4.78 is 0. The van der Waals surface area contributed by atoms with Crippen LogP contribution in [-0.4, -0.2) is 11.2 Å². The van der Waals surface area contributed by atoms with E-state index in [1.54, 1.807) is 0 Å². The Kier molecular flexibility index (Phi) is 6.03. The van der Waals surface area contributed by atoms with Gasteiger partial charge in [0, 0.05) is 16.8 Å². The van der Waals surface area contributed by atoms with Gasteiger partial charge in [0.2, 0.25) is 0 Å². The first kappa shape index (κ1) is 17.8. The van der Waals surface area contributed by atoms with Crippen LogP contribution in [0.5, 0.6) is 0 Å². The minimum absolute atomic E-state index is 0.0869. The first-order chi connectivity index (χ1) is 10.9. The summed E-state index contributed by atoms with van der Waals surface area (Å²) >= 11 is 11.3. The fraction of sp³-hybridized carbons (Fsp3) is 0.316. The molecular weight excluding hydrogens is 324 g/mol. The van der Waals surface area contributed by atoms with Gasteiger partial charge in [-0.3, -0.25) is 0 Å². The predicted octanol–water partition coefficient (Wildman–Crippen LogP) is 5.38. The third kappa shape index (κ3) is 5.52. The number of halogens is 1. The zero-order valence-electron chi connectivity index (χ0n) is 13.8. The van der Waals surface area contributed by atoms with Crippen LogP contribution in [0.3, 0.4) is 0 Å². The predicted molar refractivity (Wildman–Crippen MR) is 104 cm³/mol. The van der Waals surface area contributed by atoms with Crippen molar-refractivity contribution in [3.8, 4) is 0 Å². The fourth-order valence-electron chi connectivity index (χ4n) is 2.75. The van der Waals surface area contributed by atoms with Crippen molar-refractivity contribution in [1.29, 1.82) is 0 Å². The average Bonchev–Trinajstić information content (AvgIpc) is 2.49. The Balaban J connectivity index is 1.89. The molecule has 0 spiro atoms. The lowest BCUT2D eigenvalue weighted by Gasteiger charge is -2.29. The molecule has 2 aromatic carbocycles. The topological polar surface area (TPSA) is 24.1 Å². The number of nitrogens with one attached hydrogen (secondary N) is 2. The van der Waals surface area contributed by atoms with Crippen molar-refractivity contribution in [3.05, 3.63) is 65.2 Å². The van der Waals surface area contributed by atoms with Gasteiger partial charge in [-0.15, -0.1) is 0 Å². The maximum absolute atomic E-state index is 5.89. The molecule has 0 heterocycles. The highest BCUT2D eigenvalue weighted by molar-refractivity contribution is 7.80. The van der Waals surface area contributed by atoms with Crippen molar-refractivity contribution in [2.45, 2.75) is 38.6 Å². The van der Waals surface area contributed by atoms with E-state index in [2.05, 4.69) is 55.7 Å². The van der Waals surface area contributed by atoms with Gasteiger partial charge in [-0.25, -0.2) is 0 Å². The van der Waals surface area contributed by atoms with Crippen LogP contribution in [0.15, 0.2) is 54.6 Å². The summed E-state index contributed by atoms with van der Waals surface area (Å²) in [6.07, 6.45) is 0.986. The molecule has 0 fully saturated rings. The van der Waals surface area contributed by atoms with Crippen LogP contribution in [0.1, 0.15) is 32.8 Å². The van der Waals surface area contributed by atoms with Crippen molar-refractivity contribution in [2.75, 3.05) is 5.32 Å². The van der Waals surface area contributed by atoms with Gasteiger partial charge in [-0.05, 0) is 60.8 Å². The number of hydrogen-bond acceptors (Lipinski definition) is 1. The van der Waals surface area contributed by atoms with Crippen molar-refractivity contribution in [2.24, 2.45) is 0 Å². The molecule has 0 aliphatic carbocycles. The standard InChI is InChI=1S/C19H23ClN2S/c1-14(13-19(2,3)15-7-5-4-6-8-15)21-18(23)22-17-11-9-16(20)10-12-17/h4-12,14H,13H2,1-3H3,(H2,21,22,23)/t14-/m1/s1. The molecule has 0 aliphatic heterocycles. The molecule has 2 aromatic rings. The van der Waals surface area contributed by atoms with Gasteiger partial charge in [0.15, 0.2) is 5.11 Å². The molecule has 2 N–H and O–H groups in total. The normalized spacial score (nSPS) is 12.5. The van der Waals surface area contributed by atoms with E-state index in [1.807, 2.05) is 30.3 Å². The van der Waals surface area contributed by atoms with Crippen LogP contribution < -0.4 is 10.6 Å². The maximum Gasteiger partial charge on any atom is 0.170 e. The molecule has 0 saturated heterocycles. The highest BCUT2D eigenvalue weighted by Crippen LogP contribution is 2.28. The first-order valence-corrected chi connectivity index (χ1v) is 8.54. The number of rotatable bonds is 5. The van der Waals surface area contributed by atoms with Gasteiger partial charge in [0.1, 0.15) is 0 Å². The number of benzene rings is 2. The highest BCUT2D eigenvalue weighted by atomic mass is 35.5. The first-order valence-electron chi connectivity index (χ1n) is 7.75. The molecule has 0 unspecified atom stereocenters. The van der Waals surface area contributed by atoms with Crippen molar-refractivity contribution in [1.82, 2.24) is 5.32 Å². The molecule has 23 heavy (non-hydrogen) atoms. The molecule has 0 aliphatic rings. The van der Waals surface area contributed by atoms with Gasteiger partial charge >= 0.3 is 0 Å². The second-order valence-corrected chi connectivity index (χ2v) is 7.31. The van der Waals surface area contributed by atoms with Gasteiger partial charge < -0.3 is 10.6 Å². The van der Waals surface area contributed by atoms with Crippen molar-refractivity contribution < 1.29 is 0 Å². The van der Waals surface area contributed by atoms with E-state index >= 15 is 0 Å². The lowest BCUT2D eigenvalue weighted by molar-refractivity contribution is 0.420. The molecule has 1 atom stereocenters. The smallest absolute Gasteiger partial charge is 0.170 e. The molecule has 0 saturated carbocycles. The second-order valence-electron chi connectivity index (χ2n) is 6.46. The fourth-order valence-corrected chi connectivity index (χ4v) is 3.19. The Hall–Kier alpha value is -1.58. The largest absolute Gasteiger partial charge is 0.360 e. The van der Waals surface area contributed by atoms with E-state index in [4.69, 9.17) is 23.8 Å². The number of thiocarbonyl (C=S) groups is 1. The van der Waals surface area contributed by atoms with Gasteiger partial charge in [-0.2, -0.15) is 0 Å². The third-order valence-electron chi connectivity index (χ3n) is 3.85. The zero-order valence-corrected chi connectivity index (χ0v) is 15.3. The maximum atomic E-state index is 5.89. The summed E-state index contributed by atoms with van der Waals surface area (Å²) in [7, 11) is 0. The molecule has 0 bridgehead atoms. The quantitative estimate of drug-likeness (QED) is 0.710. The number of hydrogen-bond donors (Lipinski definition) is 2. The molecule has 4 heteroatoms. The minimum Gasteiger partial charge on any atom is -0.360 e. The van der Waals surface area contributed by atoms with E-state index in [0.717, 1.165) is 12.1 Å². The molecule has 0 amide bonds. The molecule has 122 valence electrons. The molecule has 0 radical (unpaired) electrons. The van der Waals surface area contributed by atoms with Crippen LogP contribution in [0.2, 0.25) is 5.02 Å². The summed E-state index contributed by atoms with van der Waals surface area (Å²) in [6, 6.07) is 18.3. The Morgan fingerprint density at radius 2 is 1.70 bits per heavy atom. The Morgan fingerprint density at radius 1 is 1.09 bits per heavy atom. The lowest BCUT2D eigenvalue weighted by atomic mass is 9.79. The van der Waals surface area contributed by atoms with Crippen LogP contribution in [-0.2, 0) is 5.41 Å².